The average molecular weight is 178 g/mol. The highest BCUT2D eigenvalue weighted by atomic mass is 16.4. The molecule has 1 radical (unpaired) electrons. The van der Waals surface area contributed by atoms with Crippen molar-refractivity contribution < 1.29 is 14.7 Å². The summed E-state index contributed by atoms with van der Waals surface area (Å²) in [6.45, 7) is 1.63. The molecule has 0 heterocycles. The van der Waals surface area contributed by atoms with Crippen molar-refractivity contribution in [3.63, 3.8) is 0 Å². The number of rotatable bonds is 3. The molecule has 0 aromatic heterocycles. The third-order valence-corrected chi connectivity index (χ3v) is 1.75. The average Bonchev–Trinajstić information content (AvgIpc) is 2.08. The van der Waals surface area contributed by atoms with Gasteiger partial charge in [0, 0.05) is 5.69 Å². The molecule has 2 N–H and O–H groups in total. The predicted molar refractivity (Wildman–Crippen MR) is 47.5 cm³/mol. The monoisotopic (exact) mass is 178 g/mol. The van der Waals surface area contributed by atoms with Crippen molar-refractivity contribution in [2.24, 2.45) is 0 Å². The Bertz CT molecular complexity index is 347. The molecule has 0 atom stereocenters. The molecule has 0 aliphatic rings. The summed E-state index contributed by atoms with van der Waals surface area (Å²) in [6.07, 6.45) is 1.50. The van der Waals surface area contributed by atoms with E-state index in [-0.39, 0.29) is 5.56 Å². The number of carboxylic acid groups (broad SMARTS) is 1. The van der Waals surface area contributed by atoms with E-state index < -0.39 is 5.97 Å². The van der Waals surface area contributed by atoms with Gasteiger partial charge in [-0.2, -0.15) is 0 Å². The van der Waals surface area contributed by atoms with Gasteiger partial charge in [0.25, 0.3) is 0 Å². The summed E-state index contributed by atoms with van der Waals surface area (Å²) in [5.41, 5.74) is 1.17. The Morgan fingerprint density at radius 3 is 2.77 bits per heavy atom. The second-order valence-electron chi connectivity index (χ2n) is 2.51. The lowest BCUT2D eigenvalue weighted by Crippen LogP contribution is -2.03. The normalized spacial score (nSPS) is 9.31. The van der Waals surface area contributed by atoms with Gasteiger partial charge in [-0.15, -0.1) is 0 Å². The highest BCUT2D eigenvalue weighted by Crippen LogP contribution is 2.17. The van der Waals surface area contributed by atoms with Gasteiger partial charge in [-0.1, -0.05) is 6.07 Å². The first kappa shape index (κ1) is 9.25. The van der Waals surface area contributed by atoms with Crippen LogP contribution in [0.5, 0.6) is 0 Å². The van der Waals surface area contributed by atoms with Crippen LogP contribution in [0, 0.1) is 6.92 Å². The zero-order chi connectivity index (χ0) is 9.84. The molecular formula is C9H8NO3. The third-order valence-electron chi connectivity index (χ3n) is 1.75. The second kappa shape index (κ2) is 3.71. The third kappa shape index (κ3) is 1.84. The Morgan fingerprint density at radius 2 is 2.23 bits per heavy atom. The van der Waals surface area contributed by atoms with E-state index in [2.05, 4.69) is 5.32 Å². The maximum absolute atomic E-state index is 10.7. The summed E-state index contributed by atoms with van der Waals surface area (Å²) in [7, 11) is 0. The number of carboxylic acids is 1. The molecule has 67 valence electrons. The predicted octanol–water partition coefficient (Wildman–Crippen LogP) is 1.17. The number of aromatic carboxylic acids is 1. The van der Waals surface area contributed by atoms with Gasteiger partial charge in [0.1, 0.15) is 0 Å². The van der Waals surface area contributed by atoms with Gasteiger partial charge in [0.15, 0.2) is 0 Å². The van der Waals surface area contributed by atoms with Crippen LogP contribution in [0.1, 0.15) is 15.9 Å². The van der Waals surface area contributed by atoms with Gasteiger partial charge >= 0.3 is 12.4 Å². The van der Waals surface area contributed by atoms with Crippen LogP contribution in [0.4, 0.5) is 5.69 Å². The van der Waals surface area contributed by atoms with E-state index in [1.807, 2.05) is 0 Å². The first-order valence-electron chi connectivity index (χ1n) is 3.63. The number of carbonyl (C=O) groups excluding carboxylic acids is 1. The number of hydrogen-bond acceptors (Lipinski definition) is 2. The van der Waals surface area contributed by atoms with Crippen LogP contribution >= 0.6 is 0 Å². The molecular weight excluding hydrogens is 170 g/mol. The smallest absolute Gasteiger partial charge is 0.336 e. The lowest BCUT2D eigenvalue weighted by molar-refractivity contribution is 0.0696. The minimum absolute atomic E-state index is 0.181. The van der Waals surface area contributed by atoms with Crippen molar-refractivity contribution in [2.45, 2.75) is 6.92 Å². The standard InChI is InChI=1S/C9H8NO3/c1-6-7(9(12)13)3-2-4-8(6)10-5-11/h2-4H,1H3,(H,10,11)(H,12,13). The molecule has 0 aliphatic carbocycles. The number of benzene rings is 1. The van der Waals surface area contributed by atoms with E-state index in [1.54, 1.807) is 19.1 Å². The van der Waals surface area contributed by atoms with E-state index >= 15 is 0 Å². The van der Waals surface area contributed by atoms with Crippen molar-refractivity contribution in [1.29, 1.82) is 0 Å². The summed E-state index contributed by atoms with van der Waals surface area (Å²) in [5.74, 6) is -1.01. The fraction of sp³-hybridized carbons (Fsp3) is 0.111. The number of amides is 1. The van der Waals surface area contributed by atoms with Gasteiger partial charge in [0.05, 0.1) is 5.56 Å². The summed E-state index contributed by atoms with van der Waals surface area (Å²) >= 11 is 0. The van der Waals surface area contributed by atoms with E-state index in [1.165, 1.54) is 12.5 Å². The SMILES string of the molecule is Cc1c(N[C]=O)cccc1C(=O)O. The largest absolute Gasteiger partial charge is 0.478 e. The minimum atomic E-state index is -1.01. The van der Waals surface area contributed by atoms with Crippen molar-refractivity contribution in [2.75, 3.05) is 5.32 Å². The van der Waals surface area contributed by atoms with Crippen LogP contribution in [0.25, 0.3) is 0 Å². The molecule has 0 saturated heterocycles. The Hall–Kier alpha value is -1.84. The molecule has 0 aliphatic heterocycles. The summed E-state index contributed by atoms with van der Waals surface area (Å²) in [4.78, 5) is 20.7. The van der Waals surface area contributed by atoms with E-state index in [9.17, 15) is 9.59 Å². The first-order valence-corrected chi connectivity index (χ1v) is 3.63. The highest BCUT2D eigenvalue weighted by Gasteiger charge is 2.08. The molecule has 1 amide bonds. The van der Waals surface area contributed by atoms with E-state index in [0.717, 1.165) is 0 Å². The molecule has 0 unspecified atom stereocenters. The Morgan fingerprint density at radius 1 is 1.54 bits per heavy atom. The molecule has 1 rings (SSSR count). The summed E-state index contributed by atoms with van der Waals surface area (Å²) in [6, 6.07) is 4.66. The van der Waals surface area contributed by atoms with Crippen LogP contribution in [-0.2, 0) is 4.79 Å². The van der Waals surface area contributed by atoms with Crippen molar-refractivity contribution in [3.8, 4) is 0 Å². The Balaban J connectivity index is 3.17. The lowest BCUT2D eigenvalue weighted by atomic mass is 10.1. The van der Waals surface area contributed by atoms with Gasteiger partial charge < -0.3 is 10.4 Å². The molecule has 0 fully saturated rings. The molecule has 13 heavy (non-hydrogen) atoms. The Kier molecular flexibility index (Phi) is 2.64. The fourth-order valence-electron chi connectivity index (χ4n) is 1.06. The topological polar surface area (TPSA) is 66.4 Å². The van der Waals surface area contributed by atoms with Crippen LogP contribution in [0.2, 0.25) is 0 Å². The summed E-state index contributed by atoms with van der Waals surface area (Å²) in [5, 5.41) is 11.0. The first-order chi connectivity index (χ1) is 6.16. The highest BCUT2D eigenvalue weighted by molar-refractivity contribution is 5.92. The molecule has 1 aromatic rings. The maximum Gasteiger partial charge on any atom is 0.336 e. The van der Waals surface area contributed by atoms with E-state index in [0.29, 0.717) is 11.3 Å². The van der Waals surface area contributed by atoms with E-state index in [4.69, 9.17) is 5.11 Å². The maximum atomic E-state index is 10.7. The van der Waals surface area contributed by atoms with Crippen LogP contribution in [0.3, 0.4) is 0 Å². The Labute approximate surface area is 75.2 Å². The zero-order valence-corrected chi connectivity index (χ0v) is 7.00. The number of anilines is 1. The van der Waals surface area contributed by atoms with Crippen molar-refractivity contribution >= 4 is 18.1 Å². The van der Waals surface area contributed by atoms with Crippen LogP contribution in [-0.4, -0.2) is 17.5 Å². The molecule has 1 aromatic carbocycles. The van der Waals surface area contributed by atoms with Crippen LogP contribution < -0.4 is 5.32 Å². The quantitative estimate of drug-likeness (QED) is 0.683. The van der Waals surface area contributed by atoms with Gasteiger partial charge in [-0.3, -0.25) is 4.79 Å². The molecule has 0 bridgehead atoms. The molecule has 0 saturated carbocycles. The lowest BCUT2D eigenvalue weighted by Gasteiger charge is -2.05. The van der Waals surface area contributed by atoms with Gasteiger partial charge in [-0.05, 0) is 24.6 Å². The minimum Gasteiger partial charge on any atom is -0.478 e. The molecule has 4 heteroatoms. The molecule has 0 spiro atoms. The van der Waals surface area contributed by atoms with Gasteiger partial charge in [-0.25, -0.2) is 4.79 Å². The fourth-order valence-corrected chi connectivity index (χ4v) is 1.06. The van der Waals surface area contributed by atoms with Crippen molar-refractivity contribution in [3.05, 3.63) is 29.3 Å². The number of hydrogen-bond donors (Lipinski definition) is 2. The molecule has 4 nitrogen and oxygen atoms in total. The van der Waals surface area contributed by atoms with Crippen LogP contribution in [0.15, 0.2) is 18.2 Å². The van der Waals surface area contributed by atoms with Gasteiger partial charge in [0.2, 0.25) is 0 Å². The number of carbonyl (C=O) groups is 1. The number of nitrogens with one attached hydrogen (secondary N) is 1. The van der Waals surface area contributed by atoms with Crippen molar-refractivity contribution in [1.82, 2.24) is 0 Å². The summed E-state index contributed by atoms with van der Waals surface area (Å²) < 4.78 is 0. The second-order valence-corrected chi connectivity index (χ2v) is 2.51. The zero-order valence-electron chi connectivity index (χ0n) is 7.00.